The molecule has 7 nitrogen and oxygen atoms in total. The minimum atomic E-state index is -0.202. The molecule has 1 heterocycles. The number of aliphatic imine (C=N–C) groups is 1. The van der Waals surface area contributed by atoms with Crippen molar-refractivity contribution in [3.63, 3.8) is 0 Å². The van der Waals surface area contributed by atoms with Crippen molar-refractivity contribution >= 4 is 12.1 Å². The molecule has 0 atom stereocenters. The van der Waals surface area contributed by atoms with Crippen molar-refractivity contribution in [1.29, 1.82) is 0 Å². The van der Waals surface area contributed by atoms with Gasteiger partial charge in [0.05, 0.1) is 25.9 Å². The predicted molar refractivity (Wildman–Crippen MR) is 108 cm³/mol. The molecule has 1 amide bonds. The molecule has 2 rings (SSSR count). The SMILES string of the molecule is CCNC(=NCCOC1CCCCCC1)NC1CCN(C(=O)OCC)CC1. The summed E-state index contributed by atoms with van der Waals surface area (Å²) in [7, 11) is 0. The smallest absolute Gasteiger partial charge is 0.409 e. The summed E-state index contributed by atoms with van der Waals surface area (Å²) < 4.78 is 11.1. The number of likely N-dealkylation sites (tertiary alicyclic amines) is 1. The summed E-state index contributed by atoms with van der Waals surface area (Å²) in [4.78, 5) is 18.2. The molecule has 0 radical (unpaired) electrons. The summed E-state index contributed by atoms with van der Waals surface area (Å²) in [5, 5.41) is 6.81. The molecule has 0 spiro atoms. The number of piperidine rings is 1. The van der Waals surface area contributed by atoms with Gasteiger partial charge in [0.15, 0.2) is 5.96 Å². The van der Waals surface area contributed by atoms with Gasteiger partial charge in [-0.25, -0.2) is 4.79 Å². The van der Waals surface area contributed by atoms with Gasteiger partial charge in [-0.3, -0.25) is 4.99 Å². The van der Waals surface area contributed by atoms with Gasteiger partial charge >= 0.3 is 6.09 Å². The summed E-state index contributed by atoms with van der Waals surface area (Å²) in [6.45, 7) is 7.97. The van der Waals surface area contributed by atoms with Gasteiger partial charge in [0.1, 0.15) is 0 Å². The monoisotopic (exact) mass is 382 g/mol. The topological polar surface area (TPSA) is 75.2 Å². The largest absolute Gasteiger partial charge is 0.450 e. The lowest BCUT2D eigenvalue weighted by Crippen LogP contribution is -2.50. The highest BCUT2D eigenvalue weighted by Crippen LogP contribution is 2.19. The molecule has 1 aliphatic heterocycles. The van der Waals surface area contributed by atoms with Crippen LogP contribution >= 0.6 is 0 Å². The van der Waals surface area contributed by atoms with E-state index < -0.39 is 0 Å². The number of carbonyl (C=O) groups excluding carboxylic acids is 1. The van der Waals surface area contributed by atoms with Crippen molar-refractivity contribution in [2.75, 3.05) is 39.4 Å². The highest BCUT2D eigenvalue weighted by atomic mass is 16.6. The van der Waals surface area contributed by atoms with Gasteiger partial charge in [0.2, 0.25) is 0 Å². The van der Waals surface area contributed by atoms with E-state index in [-0.39, 0.29) is 6.09 Å². The summed E-state index contributed by atoms with van der Waals surface area (Å²) in [5.74, 6) is 0.844. The number of hydrogen-bond acceptors (Lipinski definition) is 4. The zero-order chi connectivity index (χ0) is 19.3. The molecule has 0 unspecified atom stereocenters. The van der Waals surface area contributed by atoms with Crippen molar-refractivity contribution in [2.24, 2.45) is 4.99 Å². The van der Waals surface area contributed by atoms with Crippen LogP contribution in [0.5, 0.6) is 0 Å². The number of rotatable bonds is 7. The van der Waals surface area contributed by atoms with Crippen LogP contribution in [-0.4, -0.2) is 68.5 Å². The third-order valence-corrected chi connectivity index (χ3v) is 5.22. The molecule has 156 valence electrons. The highest BCUT2D eigenvalue weighted by Gasteiger charge is 2.24. The molecule has 0 bridgehead atoms. The van der Waals surface area contributed by atoms with Crippen LogP contribution in [0.4, 0.5) is 4.79 Å². The Morgan fingerprint density at radius 2 is 1.78 bits per heavy atom. The normalized spacial score (nSPS) is 20.2. The van der Waals surface area contributed by atoms with Crippen molar-refractivity contribution in [3.05, 3.63) is 0 Å². The molecule has 2 N–H and O–H groups in total. The first-order valence-electron chi connectivity index (χ1n) is 10.8. The van der Waals surface area contributed by atoms with Crippen molar-refractivity contribution in [3.8, 4) is 0 Å². The third kappa shape index (κ3) is 8.37. The molecule has 0 aromatic heterocycles. The fraction of sp³-hybridized carbons (Fsp3) is 0.900. The fourth-order valence-corrected chi connectivity index (χ4v) is 3.72. The average Bonchev–Trinajstić information content (AvgIpc) is 2.95. The molecule has 2 fully saturated rings. The van der Waals surface area contributed by atoms with E-state index >= 15 is 0 Å². The second-order valence-electron chi connectivity index (χ2n) is 7.35. The standard InChI is InChI=1S/C20H38N4O3/c1-3-21-19(22-13-16-27-18-9-7-5-6-8-10-18)23-17-11-14-24(15-12-17)20(25)26-4-2/h17-18H,3-16H2,1-2H3,(H2,21,22,23). The van der Waals surface area contributed by atoms with E-state index in [0.717, 1.165) is 38.4 Å². The Morgan fingerprint density at radius 3 is 2.41 bits per heavy atom. The Balaban J connectivity index is 1.69. The van der Waals surface area contributed by atoms with Gasteiger partial charge in [-0.1, -0.05) is 25.7 Å². The molecule has 1 aliphatic carbocycles. The van der Waals surface area contributed by atoms with Crippen LogP contribution in [0.15, 0.2) is 4.99 Å². The average molecular weight is 383 g/mol. The van der Waals surface area contributed by atoms with Gasteiger partial charge in [-0.2, -0.15) is 0 Å². The Labute approximate surface area is 164 Å². The number of hydrogen-bond donors (Lipinski definition) is 2. The van der Waals surface area contributed by atoms with Crippen molar-refractivity contribution in [2.45, 2.75) is 77.4 Å². The van der Waals surface area contributed by atoms with Crippen LogP contribution in [-0.2, 0) is 9.47 Å². The number of nitrogens with one attached hydrogen (secondary N) is 2. The van der Waals surface area contributed by atoms with E-state index in [2.05, 4.69) is 22.5 Å². The van der Waals surface area contributed by atoms with Gasteiger partial charge < -0.3 is 25.0 Å². The lowest BCUT2D eigenvalue weighted by molar-refractivity contribution is 0.0486. The van der Waals surface area contributed by atoms with Crippen LogP contribution in [0.1, 0.15) is 65.2 Å². The maximum atomic E-state index is 11.8. The zero-order valence-corrected chi connectivity index (χ0v) is 17.2. The predicted octanol–water partition coefficient (Wildman–Crippen LogP) is 2.90. The summed E-state index contributed by atoms with van der Waals surface area (Å²) in [6, 6.07) is 0.330. The van der Waals surface area contributed by atoms with Gasteiger partial charge in [-0.05, 0) is 39.5 Å². The van der Waals surface area contributed by atoms with E-state index in [0.29, 0.717) is 31.9 Å². The van der Waals surface area contributed by atoms with Crippen LogP contribution in [0, 0.1) is 0 Å². The Morgan fingerprint density at radius 1 is 1.07 bits per heavy atom. The maximum absolute atomic E-state index is 11.8. The molecule has 7 heteroatoms. The molecular weight excluding hydrogens is 344 g/mol. The van der Waals surface area contributed by atoms with Gasteiger partial charge in [0.25, 0.3) is 0 Å². The van der Waals surface area contributed by atoms with Crippen LogP contribution in [0.25, 0.3) is 0 Å². The first kappa shape index (κ1) is 21.8. The Hall–Kier alpha value is -1.50. The lowest BCUT2D eigenvalue weighted by atomic mass is 10.1. The second-order valence-corrected chi connectivity index (χ2v) is 7.35. The number of ether oxygens (including phenoxy) is 2. The van der Waals surface area contributed by atoms with Crippen molar-refractivity contribution in [1.82, 2.24) is 15.5 Å². The van der Waals surface area contributed by atoms with E-state index in [1.54, 1.807) is 4.90 Å². The molecule has 0 aromatic rings. The summed E-state index contributed by atoms with van der Waals surface area (Å²) in [6.07, 6.45) is 9.71. The summed E-state index contributed by atoms with van der Waals surface area (Å²) in [5.41, 5.74) is 0. The molecular formula is C20H38N4O3. The minimum Gasteiger partial charge on any atom is -0.450 e. The zero-order valence-electron chi connectivity index (χ0n) is 17.2. The number of amides is 1. The van der Waals surface area contributed by atoms with E-state index in [1.165, 1.54) is 38.5 Å². The first-order chi connectivity index (χ1) is 13.2. The molecule has 0 aromatic carbocycles. The lowest BCUT2D eigenvalue weighted by Gasteiger charge is -2.32. The van der Waals surface area contributed by atoms with Crippen molar-refractivity contribution < 1.29 is 14.3 Å². The highest BCUT2D eigenvalue weighted by molar-refractivity contribution is 5.80. The van der Waals surface area contributed by atoms with Gasteiger partial charge in [0, 0.05) is 25.7 Å². The Bertz CT molecular complexity index is 443. The van der Waals surface area contributed by atoms with Crippen LogP contribution < -0.4 is 10.6 Å². The van der Waals surface area contributed by atoms with E-state index in [9.17, 15) is 4.79 Å². The molecule has 2 aliphatic rings. The minimum absolute atomic E-state index is 0.202. The van der Waals surface area contributed by atoms with Crippen LogP contribution in [0.2, 0.25) is 0 Å². The molecule has 1 saturated heterocycles. The van der Waals surface area contributed by atoms with E-state index in [1.807, 2.05) is 6.92 Å². The molecule has 1 saturated carbocycles. The first-order valence-corrected chi connectivity index (χ1v) is 10.8. The maximum Gasteiger partial charge on any atom is 0.409 e. The fourth-order valence-electron chi connectivity index (χ4n) is 3.72. The third-order valence-electron chi connectivity index (χ3n) is 5.22. The quantitative estimate of drug-likeness (QED) is 0.306. The number of carbonyl (C=O) groups is 1. The van der Waals surface area contributed by atoms with Gasteiger partial charge in [-0.15, -0.1) is 0 Å². The van der Waals surface area contributed by atoms with E-state index in [4.69, 9.17) is 9.47 Å². The Kier molecular flexibility index (Phi) is 10.3. The second kappa shape index (κ2) is 12.8. The molecule has 27 heavy (non-hydrogen) atoms. The number of guanidine groups is 1. The number of nitrogens with zero attached hydrogens (tertiary/aromatic N) is 2. The van der Waals surface area contributed by atoms with Crippen LogP contribution in [0.3, 0.4) is 0 Å². The summed E-state index contributed by atoms with van der Waals surface area (Å²) >= 11 is 0.